The lowest BCUT2D eigenvalue weighted by molar-refractivity contribution is -0.0894. The van der Waals surface area contributed by atoms with Gasteiger partial charge in [0.1, 0.15) is 5.69 Å². The highest BCUT2D eigenvalue weighted by atomic mass is 16.5. The summed E-state index contributed by atoms with van der Waals surface area (Å²) in [5.41, 5.74) is 0.528. The van der Waals surface area contributed by atoms with Crippen LogP contribution >= 0.6 is 0 Å². The van der Waals surface area contributed by atoms with E-state index in [2.05, 4.69) is 16.9 Å². The lowest BCUT2D eigenvalue weighted by atomic mass is 9.99. The first-order valence-electron chi connectivity index (χ1n) is 6.74. The van der Waals surface area contributed by atoms with Gasteiger partial charge in [-0.25, -0.2) is 4.98 Å². The summed E-state index contributed by atoms with van der Waals surface area (Å²) in [5, 5.41) is 0. The fraction of sp³-hybridized carbons (Fsp3) is 0.692. The molecule has 1 aromatic rings. The first-order chi connectivity index (χ1) is 9.15. The molecule has 2 aliphatic rings. The van der Waals surface area contributed by atoms with E-state index in [1.807, 2.05) is 11.9 Å². The molecule has 0 bridgehead atoms. The van der Waals surface area contributed by atoms with Crippen molar-refractivity contribution in [3.63, 3.8) is 0 Å². The smallest absolute Gasteiger partial charge is 0.274 e. The second-order valence-electron chi connectivity index (χ2n) is 5.42. The minimum Gasteiger partial charge on any atom is -0.375 e. The Morgan fingerprint density at radius 3 is 3.00 bits per heavy atom. The predicted octanol–water partition coefficient (Wildman–Crippen LogP) is -0.0348. The molecule has 104 valence electrons. The van der Waals surface area contributed by atoms with Gasteiger partial charge in [0, 0.05) is 32.9 Å². The number of likely N-dealkylation sites (N-methyl/N-ethyl adjacent to an activating group) is 1. The molecule has 6 nitrogen and oxygen atoms in total. The Kier molecular flexibility index (Phi) is 3.28. The molecule has 3 rings (SSSR count). The molecule has 2 saturated heterocycles. The van der Waals surface area contributed by atoms with Gasteiger partial charge < -0.3 is 14.2 Å². The standard InChI is InChI=1S/C13H20N4O2/c1-15-7-10(14-9-15)13(18)17-4-3-12-11(8-17)16(2)5-6-19-12/h7,9,11-12H,3-6,8H2,1-2H3/t11-,12-/m0/s1. The van der Waals surface area contributed by atoms with Crippen molar-refractivity contribution >= 4 is 5.91 Å². The second-order valence-corrected chi connectivity index (χ2v) is 5.42. The van der Waals surface area contributed by atoms with Crippen LogP contribution < -0.4 is 0 Å². The van der Waals surface area contributed by atoms with Crippen LogP contribution in [0.1, 0.15) is 16.9 Å². The summed E-state index contributed by atoms with van der Waals surface area (Å²) in [6.07, 6.45) is 4.62. The molecule has 0 aliphatic carbocycles. The number of morpholine rings is 1. The normalized spacial score (nSPS) is 28.2. The molecule has 2 atom stereocenters. The Morgan fingerprint density at radius 2 is 2.26 bits per heavy atom. The quantitative estimate of drug-likeness (QED) is 0.714. The molecule has 0 unspecified atom stereocenters. The Morgan fingerprint density at radius 1 is 1.42 bits per heavy atom. The van der Waals surface area contributed by atoms with Crippen LogP contribution in [-0.4, -0.2) is 70.7 Å². The number of aromatic nitrogens is 2. The summed E-state index contributed by atoms with van der Waals surface area (Å²) >= 11 is 0. The SMILES string of the molecule is CN1CCO[C@H]2CCN(C(=O)c3cn(C)cn3)C[C@@H]21. The van der Waals surface area contributed by atoms with Crippen molar-refractivity contribution in [3.8, 4) is 0 Å². The van der Waals surface area contributed by atoms with Crippen molar-refractivity contribution in [3.05, 3.63) is 18.2 Å². The minimum atomic E-state index is 0.0259. The summed E-state index contributed by atoms with van der Waals surface area (Å²) in [6.45, 7) is 3.22. The third-order valence-corrected chi connectivity index (χ3v) is 4.07. The van der Waals surface area contributed by atoms with Crippen molar-refractivity contribution in [2.45, 2.75) is 18.6 Å². The van der Waals surface area contributed by atoms with E-state index in [9.17, 15) is 4.79 Å². The fourth-order valence-electron chi connectivity index (χ4n) is 2.91. The molecule has 2 aliphatic heterocycles. The second kappa shape index (κ2) is 4.94. The van der Waals surface area contributed by atoms with Crippen molar-refractivity contribution in [1.82, 2.24) is 19.4 Å². The molecule has 1 aromatic heterocycles. The third kappa shape index (κ3) is 2.37. The van der Waals surface area contributed by atoms with Gasteiger partial charge in [-0.3, -0.25) is 9.69 Å². The van der Waals surface area contributed by atoms with Crippen molar-refractivity contribution in [2.75, 3.05) is 33.3 Å². The first-order valence-corrected chi connectivity index (χ1v) is 6.74. The number of fused-ring (bicyclic) bond motifs is 1. The number of carbonyl (C=O) groups excluding carboxylic acids is 1. The highest BCUT2D eigenvalue weighted by Crippen LogP contribution is 2.22. The largest absolute Gasteiger partial charge is 0.375 e. The lowest BCUT2D eigenvalue weighted by Gasteiger charge is -2.45. The number of rotatable bonds is 1. The predicted molar refractivity (Wildman–Crippen MR) is 69.9 cm³/mol. The number of piperidine rings is 1. The van der Waals surface area contributed by atoms with Crippen LogP contribution in [0.5, 0.6) is 0 Å². The topological polar surface area (TPSA) is 50.6 Å². The Balaban J connectivity index is 1.71. The number of aryl methyl sites for hydroxylation is 1. The van der Waals surface area contributed by atoms with Crippen LogP contribution in [0, 0.1) is 0 Å². The summed E-state index contributed by atoms with van der Waals surface area (Å²) in [7, 11) is 3.98. The summed E-state index contributed by atoms with van der Waals surface area (Å²) in [6, 6.07) is 0.315. The van der Waals surface area contributed by atoms with Crippen LogP contribution in [0.2, 0.25) is 0 Å². The maximum absolute atomic E-state index is 12.4. The van der Waals surface area contributed by atoms with E-state index in [1.165, 1.54) is 0 Å². The average Bonchev–Trinajstić information content (AvgIpc) is 2.85. The maximum atomic E-state index is 12.4. The number of imidazole rings is 1. The highest BCUT2D eigenvalue weighted by Gasteiger charge is 2.37. The molecule has 19 heavy (non-hydrogen) atoms. The van der Waals surface area contributed by atoms with Gasteiger partial charge in [-0.1, -0.05) is 0 Å². The van der Waals surface area contributed by atoms with E-state index < -0.39 is 0 Å². The van der Waals surface area contributed by atoms with Crippen molar-refractivity contribution in [2.24, 2.45) is 7.05 Å². The van der Waals surface area contributed by atoms with Gasteiger partial charge >= 0.3 is 0 Å². The first kappa shape index (κ1) is 12.6. The molecule has 0 radical (unpaired) electrons. The van der Waals surface area contributed by atoms with Crippen LogP contribution in [0.3, 0.4) is 0 Å². The van der Waals surface area contributed by atoms with E-state index in [1.54, 1.807) is 17.1 Å². The van der Waals surface area contributed by atoms with Gasteiger partial charge in [0.15, 0.2) is 0 Å². The average molecular weight is 264 g/mol. The van der Waals surface area contributed by atoms with Crippen molar-refractivity contribution < 1.29 is 9.53 Å². The van der Waals surface area contributed by atoms with E-state index in [-0.39, 0.29) is 12.0 Å². The molecule has 0 saturated carbocycles. The van der Waals surface area contributed by atoms with Gasteiger partial charge in [0.05, 0.1) is 25.1 Å². The van der Waals surface area contributed by atoms with Crippen LogP contribution in [0.4, 0.5) is 0 Å². The van der Waals surface area contributed by atoms with Gasteiger partial charge in [0.2, 0.25) is 0 Å². The zero-order valence-electron chi connectivity index (χ0n) is 11.5. The molecular formula is C13H20N4O2. The molecular weight excluding hydrogens is 244 g/mol. The van der Waals surface area contributed by atoms with Gasteiger partial charge in [-0.15, -0.1) is 0 Å². The zero-order chi connectivity index (χ0) is 13.4. The Labute approximate surface area is 113 Å². The van der Waals surface area contributed by atoms with Gasteiger partial charge in [0.25, 0.3) is 5.91 Å². The number of hydrogen-bond acceptors (Lipinski definition) is 4. The van der Waals surface area contributed by atoms with Gasteiger partial charge in [-0.05, 0) is 13.5 Å². The zero-order valence-corrected chi connectivity index (χ0v) is 11.5. The number of carbonyl (C=O) groups is 1. The van der Waals surface area contributed by atoms with E-state index in [4.69, 9.17) is 4.74 Å². The van der Waals surface area contributed by atoms with Crippen LogP contribution in [-0.2, 0) is 11.8 Å². The van der Waals surface area contributed by atoms with Crippen LogP contribution in [0.15, 0.2) is 12.5 Å². The number of nitrogens with zero attached hydrogens (tertiary/aromatic N) is 4. The Bertz CT molecular complexity index is 473. The molecule has 0 spiro atoms. The summed E-state index contributed by atoms with van der Waals surface area (Å²) in [5.74, 6) is 0.0259. The van der Waals surface area contributed by atoms with E-state index >= 15 is 0 Å². The number of hydrogen-bond donors (Lipinski definition) is 0. The molecule has 3 heterocycles. The fourth-order valence-corrected chi connectivity index (χ4v) is 2.91. The monoisotopic (exact) mass is 264 g/mol. The molecule has 2 fully saturated rings. The summed E-state index contributed by atoms with van der Waals surface area (Å²) in [4.78, 5) is 20.7. The van der Waals surface area contributed by atoms with Gasteiger partial charge in [-0.2, -0.15) is 0 Å². The lowest BCUT2D eigenvalue weighted by Crippen LogP contribution is -2.59. The van der Waals surface area contributed by atoms with Crippen molar-refractivity contribution in [1.29, 1.82) is 0 Å². The van der Waals surface area contributed by atoms with E-state index in [0.717, 1.165) is 32.7 Å². The third-order valence-electron chi connectivity index (χ3n) is 4.07. The number of ether oxygens (including phenoxy) is 1. The van der Waals surface area contributed by atoms with E-state index in [0.29, 0.717) is 11.7 Å². The minimum absolute atomic E-state index is 0.0259. The molecule has 0 N–H and O–H groups in total. The van der Waals surface area contributed by atoms with Crippen LogP contribution in [0.25, 0.3) is 0 Å². The summed E-state index contributed by atoms with van der Waals surface area (Å²) < 4.78 is 7.59. The number of likely N-dealkylation sites (tertiary alicyclic amines) is 1. The Hall–Kier alpha value is -1.40. The number of amides is 1. The maximum Gasteiger partial charge on any atom is 0.274 e. The highest BCUT2D eigenvalue weighted by molar-refractivity contribution is 5.92. The molecule has 1 amide bonds. The molecule has 6 heteroatoms. The molecule has 0 aromatic carbocycles.